The number of nitrogens with zero attached hydrogens (tertiary/aromatic N) is 1. The van der Waals surface area contributed by atoms with Gasteiger partial charge in [0.1, 0.15) is 0 Å². The molecule has 0 fully saturated rings. The minimum atomic E-state index is -0.370. The number of esters is 1. The molecule has 0 bridgehead atoms. The van der Waals surface area contributed by atoms with Crippen LogP contribution in [0.4, 0.5) is 11.4 Å². The first-order chi connectivity index (χ1) is 10.6. The summed E-state index contributed by atoms with van der Waals surface area (Å²) in [5, 5.41) is 0. The van der Waals surface area contributed by atoms with Crippen LogP contribution in [-0.4, -0.2) is 25.4 Å². The number of benzene rings is 2. The van der Waals surface area contributed by atoms with Crippen LogP contribution in [0.5, 0.6) is 0 Å². The fraction of sp³-hybridized carbons (Fsp3) is 0.222. The minimum Gasteiger partial charge on any atom is -0.457 e. The molecule has 0 aliphatic carbocycles. The summed E-state index contributed by atoms with van der Waals surface area (Å²) in [7, 11) is 1.94. The van der Waals surface area contributed by atoms with Gasteiger partial charge in [-0.05, 0) is 24.3 Å². The van der Waals surface area contributed by atoms with E-state index in [-0.39, 0.29) is 24.8 Å². The minimum absolute atomic E-state index is 0.204. The Bertz CT molecular complexity index is 652. The molecular formula is C18H19NO3. The van der Waals surface area contributed by atoms with Gasteiger partial charge in [-0.2, -0.15) is 0 Å². The predicted molar refractivity (Wildman–Crippen MR) is 86.5 cm³/mol. The molecule has 0 atom stereocenters. The molecule has 0 aliphatic heterocycles. The standard InChI is InChI=1S/C18H19NO3/c1-3-18(21)22-13-17(20)14-8-7-11-16(12-14)19(2)15-9-5-4-6-10-15/h4-12H,3,13H2,1-2H3. The number of carbonyl (C=O) groups is 2. The highest BCUT2D eigenvalue weighted by Crippen LogP contribution is 2.24. The number of hydrogen-bond donors (Lipinski definition) is 0. The fourth-order valence-corrected chi connectivity index (χ4v) is 2.02. The van der Waals surface area contributed by atoms with E-state index in [0.29, 0.717) is 5.56 Å². The summed E-state index contributed by atoms with van der Waals surface area (Å²) in [6, 6.07) is 17.2. The summed E-state index contributed by atoms with van der Waals surface area (Å²) in [6.45, 7) is 1.48. The number of para-hydroxylation sites is 1. The number of ether oxygens (including phenoxy) is 1. The van der Waals surface area contributed by atoms with E-state index >= 15 is 0 Å². The molecular weight excluding hydrogens is 278 g/mol. The summed E-state index contributed by atoms with van der Waals surface area (Å²) in [4.78, 5) is 25.2. The van der Waals surface area contributed by atoms with Crippen LogP contribution in [0.2, 0.25) is 0 Å². The third-order valence-electron chi connectivity index (χ3n) is 3.35. The number of rotatable bonds is 6. The van der Waals surface area contributed by atoms with Crippen molar-refractivity contribution >= 4 is 23.1 Å². The average Bonchev–Trinajstić information content (AvgIpc) is 2.59. The van der Waals surface area contributed by atoms with Crippen LogP contribution in [0.3, 0.4) is 0 Å². The van der Waals surface area contributed by atoms with Gasteiger partial charge in [0.05, 0.1) is 0 Å². The first-order valence-corrected chi connectivity index (χ1v) is 7.19. The van der Waals surface area contributed by atoms with Crippen LogP contribution < -0.4 is 4.90 Å². The van der Waals surface area contributed by atoms with Crippen molar-refractivity contribution in [2.75, 3.05) is 18.6 Å². The van der Waals surface area contributed by atoms with Crippen molar-refractivity contribution in [3.05, 3.63) is 60.2 Å². The van der Waals surface area contributed by atoms with E-state index in [2.05, 4.69) is 0 Å². The van der Waals surface area contributed by atoms with Crippen LogP contribution in [0.1, 0.15) is 23.7 Å². The molecule has 0 radical (unpaired) electrons. The van der Waals surface area contributed by atoms with Gasteiger partial charge in [0.25, 0.3) is 0 Å². The lowest BCUT2D eigenvalue weighted by molar-refractivity contribution is -0.142. The highest BCUT2D eigenvalue weighted by molar-refractivity contribution is 5.98. The van der Waals surface area contributed by atoms with Crippen LogP contribution in [0, 0.1) is 0 Å². The molecule has 0 aliphatic rings. The topological polar surface area (TPSA) is 46.6 Å². The zero-order valence-corrected chi connectivity index (χ0v) is 12.8. The summed E-state index contributed by atoms with van der Waals surface area (Å²) in [6.07, 6.45) is 0.268. The number of anilines is 2. The number of carbonyl (C=O) groups excluding carboxylic acids is 2. The fourth-order valence-electron chi connectivity index (χ4n) is 2.02. The number of hydrogen-bond acceptors (Lipinski definition) is 4. The summed E-state index contributed by atoms with van der Waals surface area (Å²) in [5.41, 5.74) is 2.47. The molecule has 0 N–H and O–H groups in total. The van der Waals surface area contributed by atoms with Gasteiger partial charge >= 0.3 is 5.97 Å². The van der Waals surface area contributed by atoms with Crippen molar-refractivity contribution in [2.24, 2.45) is 0 Å². The Hall–Kier alpha value is -2.62. The normalized spacial score (nSPS) is 10.1. The highest BCUT2D eigenvalue weighted by atomic mass is 16.5. The van der Waals surface area contributed by atoms with Crippen LogP contribution >= 0.6 is 0 Å². The Labute approximate surface area is 130 Å². The molecule has 0 aromatic heterocycles. The third-order valence-corrected chi connectivity index (χ3v) is 3.35. The number of Topliss-reactive ketones (excluding diaryl/α,β-unsaturated/α-hetero) is 1. The molecule has 114 valence electrons. The van der Waals surface area contributed by atoms with E-state index in [1.54, 1.807) is 19.1 Å². The third kappa shape index (κ3) is 3.95. The van der Waals surface area contributed by atoms with Crippen LogP contribution in [0.25, 0.3) is 0 Å². The molecule has 0 saturated heterocycles. The van der Waals surface area contributed by atoms with Crippen molar-refractivity contribution in [3.8, 4) is 0 Å². The van der Waals surface area contributed by atoms with E-state index in [0.717, 1.165) is 11.4 Å². The second-order valence-electron chi connectivity index (χ2n) is 4.88. The molecule has 0 amide bonds. The van der Waals surface area contributed by atoms with Gasteiger partial charge in [-0.3, -0.25) is 9.59 Å². The molecule has 0 unspecified atom stereocenters. The van der Waals surface area contributed by atoms with Crippen molar-refractivity contribution in [2.45, 2.75) is 13.3 Å². The van der Waals surface area contributed by atoms with E-state index in [1.807, 2.05) is 54.4 Å². The van der Waals surface area contributed by atoms with Gasteiger partial charge in [-0.25, -0.2) is 0 Å². The van der Waals surface area contributed by atoms with Crippen molar-refractivity contribution in [3.63, 3.8) is 0 Å². The second-order valence-corrected chi connectivity index (χ2v) is 4.88. The summed E-state index contributed by atoms with van der Waals surface area (Å²) < 4.78 is 4.89. The van der Waals surface area contributed by atoms with Crippen molar-refractivity contribution in [1.29, 1.82) is 0 Å². The maximum Gasteiger partial charge on any atom is 0.305 e. The van der Waals surface area contributed by atoms with Gasteiger partial charge in [0.2, 0.25) is 0 Å². The largest absolute Gasteiger partial charge is 0.457 e. The van der Waals surface area contributed by atoms with Gasteiger partial charge < -0.3 is 9.64 Å². The Morgan fingerprint density at radius 3 is 2.36 bits per heavy atom. The van der Waals surface area contributed by atoms with E-state index in [4.69, 9.17) is 4.74 Å². The highest BCUT2D eigenvalue weighted by Gasteiger charge is 2.11. The van der Waals surface area contributed by atoms with E-state index in [1.165, 1.54) is 0 Å². The monoisotopic (exact) mass is 297 g/mol. The zero-order valence-electron chi connectivity index (χ0n) is 12.8. The molecule has 4 heteroatoms. The lowest BCUT2D eigenvalue weighted by Crippen LogP contribution is -2.14. The Morgan fingerprint density at radius 2 is 1.68 bits per heavy atom. The molecule has 2 aromatic rings. The summed E-state index contributed by atoms with van der Waals surface area (Å²) >= 11 is 0. The first kappa shape index (κ1) is 15.8. The molecule has 0 spiro atoms. The molecule has 2 rings (SSSR count). The Kier molecular flexibility index (Phi) is 5.31. The SMILES string of the molecule is CCC(=O)OCC(=O)c1cccc(N(C)c2ccccc2)c1. The van der Waals surface area contributed by atoms with E-state index < -0.39 is 0 Å². The molecule has 0 heterocycles. The molecule has 22 heavy (non-hydrogen) atoms. The quantitative estimate of drug-likeness (QED) is 0.604. The zero-order chi connectivity index (χ0) is 15.9. The lowest BCUT2D eigenvalue weighted by atomic mass is 10.1. The maximum absolute atomic E-state index is 12.1. The number of ketones is 1. The van der Waals surface area contributed by atoms with Crippen molar-refractivity contribution in [1.82, 2.24) is 0 Å². The molecule has 0 saturated carbocycles. The summed E-state index contributed by atoms with van der Waals surface area (Å²) in [5.74, 6) is -0.573. The predicted octanol–water partition coefficient (Wildman–Crippen LogP) is 3.59. The Balaban J connectivity index is 2.13. The van der Waals surface area contributed by atoms with Gasteiger partial charge in [-0.1, -0.05) is 37.3 Å². The van der Waals surface area contributed by atoms with Gasteiger partial charge in [0, 0.05) is 30.4 Å². The van der Waals surface area contributed by atoms with Gasteiger partial charge in [0.15, 0.2) is 12.4 Å². The molecule has 2 aromatic carbocycles. The average molecular weight is 297 g/mol. The van der Waals surface area contributed by atoms with Gasteiger partial charge in [-0.15, -0.1) is 0 Å². The van der Waals surface area contributed by atoms with E-state index in [9.17, 15) is 9.59 Å². The van der Waals surface area contributed by atoms with Crippen LogP contribution in [0.15, 0.2) is 54.6 Å². The molecule has 4 nitrogen and oxygen atoms in total. The second kappa shape index (κ2) is 7.41. The first-order valence-electron chi connectivity index (χ1n) is 7.19. The Morgan fingerprint density at radius 1 is 1.00 bits per heavy atom. The van der Waals surface area contributed by atoms with Crippen LogP contribution in [-0.2, 0) is 9.53 Å². The smallest absolute Gasteiger partial charge is 0.305 e. The lowest BCUT2D eigenvalue weighted by Gasteiger charge is -2.20. The van der Waals surface area contributed by atoms with Crippen molar-refractivity contribution < 1.29 is 14.3 Å². The maximum atomic E-state index is 12.1.